The molecule has 0 amide bonds. The zero-order chi connectivity index (χ0) is 30.4. The molecule has 2 fully saturated rings. The summed E-state index contributed by atoms with van der Waals surface area (Å²) in [5.74, 6) is 0. The van der Waals surface area contributed by atoms with Crippen molar-refractivity contribution >= 4 is 20.2 Å². The second-order valence-corrected chi connectivity index (χ2v) is 15.3. The van der Waals surface area contributed by atoms with Gasteiger partial charge >= 0.3 is 33.3 Å². The van der Waals surface area contributed by atoms with E-state index in [-0.39, 0.29) is 13.1 Å². The second-order valence-electron chi connectivity index (χ2n) is 13.3. The molecule has 0 saturated heterocycles. The minimum atomic E-state index is 0.00694. The molecule has 8 heteroatoms. The Morgan fingerprint density at radius 3 is 1.40 bits per heavy atom. The van der Waals surface area contributed by atoms with Gasteiger partial charge in [0.25, 0.3) is 0 Å². The van der Waals surface area contributed by atoms with E-state index in [9.17, 15) is 0 Å². The van der Waals surface area contributed by atoms with Gasteiger partial charge in [0.1, 0.15) is 0 Å². The zero-order valence-corrected chi connectivity index (χ0v) is 29.9. The molecule has 1 aliphatic heterocycles. The van der Waals surface area contributed by atoms with Crippen LogP contribution in [0.1, 0.15) is 152 Å². The van der Waals surface area contributed by atoms with Crippen molar-refractivity contribution in [3.63, 3.8) is 0 Å². The molecule has 1 aromatic heterocycles. The summed E-state index contributed by atoms with van der Waals surface area (Å²) in [6, 6.07) is 7.11. The van der Waals surface area contributed by atoms with E-state index in [1.54, 1.807) is 0 Å². The van der Waals surface area contributed by atoms with E-state index in [4.69, 9.17) is 25.2 Å². The first kappa shape index (κ1) is 37.5. The first-order valence-electron chi connectivity index (χ1n) is 18.0. The summed E-state index contributed by atoms with van der Waals surface area (Å²) < 4.78 is 0. The topological polar surface area (TPSA) is 61.0 Å². The van der Waals surface area contributed by atoms with Crippen LogP contribution in [0.3, 0.4) is 0 Å². The summed E-state index contributed by atoms with van der Waals surface area (Å²) in [7, 11) is 9.59. The Bertz CT molecular complexity index is 783. The van der Waals surface area contributed by atoms with Gasteiger partial charge in [-0.3, -0.25) is 4.98 Å². The molecule has 2 aliphatic carbocycles. The maximum atomic E-state index is 5.16. The summed E-state index contributed by atoms with van der Waals surface area (Å²) in [5.41, 5.74) is 3.98. The number of aryl methyl sites for hydroxylation is 1. The molecule has 1 aromatic rings. The van der Waals surface area contributed by atoms with Crippen LogP contribution in [0.25, 0.3) is 0 Å². The van der Waals surface area contributed by atoms with Crippen molar-refractivity contribution < 1.29 is 13.1 Å². The number of halogens is 2. The Kier molecular flexibility index (Phi) is 21.2. The molecule has 3 aliphatic rings. The van der Waals surface area contributed by atoms with Gasteiger partial charge in [0.05, 0.1) is 11.4 Å². The third-order valence-electron chi connectivity index (χ3n) is 9.87. The molecule has 0 aromatic carbocycles. The van der Waals surface area contributed by atoms with Crippen LogP contribution < -0.4 is 21.3 Å². The molecule has 0 spiro atoms. The number of hydrogen-bond donors (Lipinski definition) is 4. The van der Waals surface area contributed by atoms with Crippen molar-refractivity contribution in [3.8, 4) is 0 Å². The number of rotatable bonds is 13. The standard InChI is InChI=1S/C35H63N5.2ClH.Mn/c1-2-3-4-5-6-7-8-9-10-11-12-13-18-29-25-30-27-38-34-21-16-14-19-32(34)36-23-24-37-33-20-15-17-22-35(33)39-28-31(26-29)40-30;;;/h25-26,32-39H,2-24,27-28H2,1H3;2*1H;/q;;;+2/p-2/t32-,33-,34-,35-;;;/m1.../s1. The molecule has 0 unspecified atom stereocenters. The van der Waals surface area contributed by atoms with Gasteiger partial charge in [-0.1, -0.05) is 103 Å². The van der Waals surface area contributed by atoms with Gasteiger partial charge < -0.3 is 21.3 Å². The van der Waals surface area contributed by atoms with E-state index in [2.05, 4.69) is 40.3 Å². The second kappa shape index (κ2) is 24.3. The Morgan fingerprint density at radius 2 is 0.977 bits per heavy atom. The summed E-state index contributed by atoms with van der Waals surface area (Å²) in [6.07, 6.45) is 28.7. The van der Waals surface area contributed by atoms with E-state index in [1.165, 1.54) is 152 Å². The molecule has 2 saturated carbocycles. The number of pyridine rings is 1. The number of aromatic nitrogens is 1. The van der Waals surface area contributed by atoms with E-state index in [0.717, 1.165) is 26.2 Å². The van der Waals surface area contributed by atoms with Gasteiger partial charge in [0.2, 0.25) is 0 Å². The van der Waals surface area contributed by atoms with Crippen molar-refractivity contribution in [1.82, 2.24) is 26.3 Å². The summed E-state index contributed by atoms with van der Waals surface area (Å²) in [4.78, 5) is 5.16. The fourth-order valence-corrected chi connectivity index (χ4v) is 7.44. The Balaban J connectivity index is 0.00000162. The number of unbranched alkanes of at least 4 members (excludes halogenated alkanes) is 11. The summed E-state index contributed by atoms with van der Waals surface area (Å²) in [5, 5.41) is 15.7. The molecule has 4 N–H and O–H groups in total. The molecule has 4 atom stereocenters. The first-order valence-corrected chi connectivity index (χ1v) is 21.3. The van der Waals surface area contributed by atoms with E-state index in [1.807, 2.05) is 0 Å². The third-order valence-corrected chi connectivity index (χ3v) is 9.87. The first-order chi connectivity index (χ1) is 21.2. The van der Waals surface area contributed by atoms with Crippen LogP contribution in [0.2, 0.25) is 0 Å². The Labute approximate surface area is 279 Å². The van der Waals surface area contributed by atoms with Crippen molar-refractivity contribution in [1.29, 1.82) is 0 Å². The summed E-state index contributed by atoms with van der Waals surface area (Å²) in [6.45, 7) is 6.24. The predicted molar refractivity (Wildman–Crippen MR) is 182 cm³/mol. The van der Waals surface area contributed by atoms with Gasteiger partial charge in [-0.25, -0.2) is 0 Å². The van der Waals surface area contributed by atoms with Crippen LogP contribution in [0.15, 0.2) is 12.1 Å². The monoisotopic (exact) mass is 678 g/mol. The van der Waals surface area contributed by atoms with E-state index >= 15 is 0 Å². The van der Waals surface area contributed by atoms with Crippen LogP contribution in [0.4, 0.5) is 0 Å². The van der Waals surface area contributed by atoms with Gasteiger partial charge in [0, 0.05) is 50.3 Å². The molecule has 5 nitrogen and oxygen atoms in total. The average molecular weight is 680 g/mol. The molecular formula is C35H63Cl2MnN5. The molecule has 2 heterocycles. The zero-order valence-electron chi connectivity index (χ0n) is 27.2. The normalized spacial score (nSPS) is 24.9. The van der Waals surface area contributed by atoms with Crippen molar-refractivity contribution in [3.05, 3.63) is 29.1 Å². The number of nitrogens with one attached hydrogen (secondary N) is 4. The molecule has 4 rings (SSSR count). The summed E-state index contributed by atoms with van der Waals surface area (Å²) >= 11 is 0.00694. The quantitative estimate of drug-likeness (QED) is 0.124. The van der Waals surface area contributed by atoms with Gasteiger partial charge in [-0.15, -0.1) is 0 Å². The van der Waals surface area contributed by atoms with Gasteiger partial charge in [-0.2, -0.15) is 0 Å². The van der Waals surface area contributed by atoms with Crippen molar-refractivity contribution in [2.75, 3.05) is 13.1 Å². The average Bonchev–Trinajstić information content (AvgIpc) is 3.03. The van der Waals surface area contributed by atoms with Crippen LogP contribution in [-0.4, -0.2) is 42.2 Å². The number of nitrogens with zero attached hydrogens (tertiary/aromatic N) is 1. The fourth-order valence-electron chi connectivity index (χ4n) is 7.44. The maximum absolute atomic E-state index is 5.16. The van der Waals surface area contributed by atoms with Crippen LogP contribution in [0, 0.1) is 0 Å². The molecule has 0 radical (unpaired) electrons. The van der Waals surface area contributed by atoms with E-state index in [0.29, 0.717) is 24.2 Å². The van der Waals surface area contributed by atoms with Crippen molar-refractivity contribution in [2.45, 2.75) is 179 Å². The molecular weight excluding hydrogens is 616 g/mol. The molecule has 43 heavy (non-hydrogen) atoms. The minimum absolute atomic E-state index is 0.00694. The Hall–Kier alpha value is 0.0895. The number of fused-ring (bicyclic) bond motifs is 4. The predicted octanol–water partition coefficient (Wildman–Crippen LogP) is 8.70. The number of hydrogen-bond acceptors (Lipinski definition) is 5. The SMILES string of the molecule is CCCCCCCCCCCCCCc1cc2nc(c1)CN[C@@H]1CCCC[C@H]1NCCN[C@@H]1CCCC[C@H]1NC2.[Cl][Mn][Cl]. The Morgan fingerprint density at radius 1 is 0.605 bits per heavy atom. The fraction of sp³-hybridized carbons (Fsp3) is 0.857. The van der Waals surface area contributed by atoms with Crippen molar-refractivity contribution in [2.24, 2.45) is 0 Å². The van der Waals surface area contributed by atoms with Gasteiger partial charge in [-0.05, 0) is 56.2 Å². The third kappa shape index (κ3) is 16.0. The van der Waals surface area contributed by atoms with Gasteiger partial charge in [0.15, 0.2) is 0 Å². The molecule has 2 bridgehead atoms. The van der Waals surface area contributed by atoms with Crippen LogP contribution >= 0.6 is 20.2 Å². The molecule has 249 valence electrons. The van der Waals surface area contributed by atoms with Crippen LogP contribution in [0.5, 0.6) is 0 Å². The van der Waals surface area contributed by atoms with E-state index < -0.39 is 0 Å². The van der Waals surface area contributed by atoms with Crippen LogP contribution in [-0.2, 0) is 32.6 Å².